The molecule has 7 heteroatoms. The number of benzene rings is 2. The molecule has 30 heavy (non-hydrogen) atoms. The molecule has 0 aromatic heterocycles. The van der Waals surface area contributed by atoms with Gasteiger partial charge < -0.3 is 10.6 Å². The monoisotopic (exact) mass is 430 g/mol. The molecule has 0 unspecified atom stereocenters. The lowest BCUT2D eigenvalue weighted by Crippen LogP contribution is -2.93. The van der Waals surface area contributed by atoms with Crippen molar-refractivity contribution in [3.05, 3.63) is 60.2 Å². The lowest BCUT2D eigenvalue weighted by Gasteiger charge is -2.23. The van der Waals surface area contributed by atoms with Crippen LogP contribution >= 0.6 is 0 Å². The summed E-state index contributed by atoms with van der Waals surface area (Å²) in [6.45, 7) is 7.34. The summed E-state index contributed by atoms with van der Waals surface area (Å²) in [6, 6.07) is 16.5. The molecule has 0 saturated carbocycles. The molecule has 1 amide bonds. The van der Waals surface area contributed by atoms with E-state index in [1.54, 1.807) is 24.3 Å². The molecule has 3 rings (SSSR count). The summed E-state index contributed by atoms with van der Waals surface area (Å²) in [4.78, 5) is 13.0. The lowest BCUT2D eigenvalue weighted by atomic mass is 9.95. The Bertz CT molecular complexity index is 937. The Morgan fingerprint density at radius 3 is 2.13 bits per heavy atom. The summed E-state index contributed by atoms with van der Waals surface area (Å²) in [5.74, 6) is 0.268. The first kappa shape index (κ1) is 22.5. The number of nitrogens with zero attached hydrogens (tertiary/aromatic N) is 1. The number of sulfonamides is 1. The molecule has 162 valence electrons. The molecule has 1 heterocycles. The SMILES string of the molecule is CC(C)[C@H]([NH2+][C@H](C)C(=O)Nc1ccc(S(=O)(=O)N2CCCC2)cc1)c1ccccc1. The van der Waals surface area contributed by atoms with Crippen molar-refractivity contribution in [1.82, 2.24) is 4.31 Å². The molecule has 0 radical (unpaired) electrons. The van der Waals surface area contributed by atoms with Crippen LogP contribution in [0.3, 0.4) is 0 Å². The number of carbonyl (C=O) groups excluding carboxylic acids is 1. The van der Waals surface area contributed by atoms with Gasteiger partial charge in [0.15, 0.2) is 6.04 Å². The second-order valence-corrected chi connectivity index (χ2v) is 10.2. The summed E-state index contributed by atoms with van der Waals surface area (Å²) < 4.78 is 26.8. The average Bonchev–Trinajstić information content (AvgIpc) is 3.28. The Morgan fingerprint density at radius 2 is 1.57 bits per heavy atom. The first-order valence-electron chi connectivity index (χ1n) is 10.6. The van der Waals surface area contributed by atoms with Crippen LogP contribution in [0.15, 0.2) is 59.5 Å². The van der Waals surface area contributed by atoms with E-state index in [0.717, 1.165) is 12.8 Å². The van der Waals surface area contributed by atoms with Crippen molar-refractivity contribution in [2.45, 2.75) is 50.6 Å². The number of hydrogen-bond acceptors (Lipinski definition) is 3. The van der Waals surface area contributed by atoms with Gasteiger partial charge in [0, 0.05) is 30.3 Å². The highest BCUT2D eigenvalue weighted by atomic mass is 32.2. The van der Waals surface area contributed by atoms with Gasteiger partial charge in [0.2, 0.25) is 10.0 Å². The first-order valence-corrected chi connectivity index (χ1v) is 12.0. The molecule has 3 N–H and O–H groups in total. The molecule has 1 fully saturated rings. The molecule has 0 bridgehead atoms. The standard InChI is InChI=1S/C23H31N3O3S/c1-17(2)22(19-9-5-4-6-10-19)24-18(3)23(27)25-20-11-13-21(14-12-20)30(28,29)26-15-7-8-16-26/h4-6,9-14,17-18,22,24H,7-8,15-16H2,1-3H3,(H,25,27)/p+1/t18-,22+/m1/s1. The van der Waals surface area contributed by atoms with E-state index in [0.29, 0.717) is 24.7 Å². The number of hydrogen-bond donors (Lipinski definition) is 2. The zero-order valence-corrected chi connectivity index (χ0v) is 18.7. The van der Waals surface area contributed by atoms with Gasteiger partial charge in [-0.1, -0.05) is 44.2 Å². The third-order valence-corrected chi connectivity index (χ3v) is 7.55. The highest BCUT2D eigenvalue weighted by Gasteiger charge is 2.28. The van der Waals surface area contributed by atoms with Gasteiger partial charge in [-0.2, -0.15) is 4.31 Å². The lowest BCUT2D eigenvalue weighted by molar-refractivity contribution is -0.718. The fourth-order valence-electron chi connectivity index (χ4n) is 3.84. The van der Waals surface area contributed by atoms with E-state index in [9.17, 15) is 13.2 Å². The number of nitrogens with one attached hydrogen (secondary N) is 1. The minimum Gasteiger partial charge on any atom is -0.330 e. The number of nitrogens with two attached hydrogens (primary N) is 1. The van der Waals surface area contributed by atoms with Crippen LogP contribution in [0.25, 0.3) is 0 Å². The molecule has 6 nitrogen and oxygen atoms in total. The van der Waals surface area contributed by atoms with Crippen LogP contribution in [0.1, 0.15) is 45.2 Å². The maximum Gasteiger partial charge on any atom is 0.282 e. The van der Waals surface area contributed by atoms with E-state index >= 15 is 0 Å². The van der Waals surface area contributed by atoms with Crippen molar-refractivity contribution in [2.24, 2.45) is 5.92 Å². The maximum absolute atomic E-state index is 12.7. The van der Waals surface area contributed by atoms with Gasteiger partial charge in [0.05, 0.1) is 4.90 Å². The van der Waals surface area contributed by atoms with Crippen LogP contribution in [0.4, 0.5) is 5.69 Å². The third-order valence-electron chi connectivity index (χ3n) is 5.64. The van der Waals surface area contributed by atoms with Gasteiger partial charge in [-0.3, -0.25) is 4.79 Å². The van der Waals surface area contributed by atoms with E-state index in [1.807, 2.05) is 25.1 Å². The summed E-state index contributed by atoms with van der Waals surface area (Å²) in [7, 11) is -3.44. The molecule has 1 aliphatic rings. The summed E-state index contributed by atoms with van der Waals surface area (Å²) in [5.41, 5.74) is 1.80. The predicted octanol–water partition coefficient (Wildman–Crippen LogP) is 2.76. The molecule has 0 aliphatic carbocycles. The van der Waals surface area contributed by atoms with Crippen LogP contribution in [-0.4, -0.2) is 37.8 Å². The minimum atomic E-state index is -3.44. The van der Waals surface area contributed by atoms with Crippen molar-refractivity contribution >= 4 is 21.6 Å². The Hall–Kier alpha value is -2.22. The second-order valence-electron chi connectivity index (χ2n) is 8.29. The third kappa shape index (κ3) is 5.28. The first-order chi connectivity index (χ1) is 14.3. The fourth-order valence-corrected chi connectivity index (χ4v) is 5.35. The summed E-state index contributed by atoms with van der Waals surface area (Å²) >= 11 is 0. The van der Waals surface area contributed by atoms with Crippen molar-refractivity contribution in [1.29, 1.82) is 0 Å². The van der Waals surface area contributed by atoms with Gasteiger partial charge in [-0.05, 0) is 44.0 Å². The quantitative estimate of drug-likeness (QED) is 0.676. The topological polar surface area (TPSA) is 83.1 Å². The Morgan fingerprint density at radius 1 is 0.967 bits per heavy atom. The number of carbonyl (C=O) groups is 1. The zero-order valence-electron chi connectivity index (χ0n) is 17.9. The molecule has 0 spiro atoms. The molecule has 1 saturated heterocycles. The van der Waals surface area contributed by atoms with E-state index in [2.05, 4.69) is 36.6 Å². The Labute approximate surface area is 179 Å². The highest BCUT2D eigenvalue weighted by Crippen LogP contribution is 2.22. The minimum absolute atomic E-state index is 0.105. The molecule has 2 atom stereocenters. The van der Waals surface area contributed by atoms with Gasteiger partial charge in [-0.25, -0.2) is 8.42 Å². The average molecular weight is 431 g/mol. The van der Waals surface area contributed by atoms with Crippen LogP contribution in [0, 0.1) is 5.92 Å². The molecule has 1 aliphatic heterocycles. The molecule has 2 aromatic rings. The van der Waals surface area contributed by atoms with Crippen molar-refractivity contribution in [3.8, 4) is 0 Å². The van der Waals surface area contributed by atoms with Crippen molar-refractivity contribution in [2.75, 3.05) is 18.4 Å². The van der Waals surface area contributed by atoms with E-state index in [1.165, 1.54) is 9.87 Å². The van der Waals surface area contributed by atoms with Crippen LogP contribution < -0.4 is 10.6 Å². The van der Waals surface area contributed by atoms with E-state index < -0.39 is 10.0 Å². The van der Waals surface area contributed by atoms with Crippen LogP contribution in [0.2, 0.25) is 0 Å². The molecular weight excluding hydrogens is 398 g/mol. The van der Waals surface area contributed by atoms with Gasteiger partial charge >= 0.3 is 0 Å². The summed E-state index contributed by atoms with van der Waals surface area (Å²) in [5, 5.41) is 4.99. The molecular formula is C23H32N3O3S+. The van der Waals surface area contributed by atoms with Gasteiger partial charge in [0.25, 0.3) is 5.91 Å². The van der Waals surface area contributed by atoms with Crippen LogP contribution in [-0.2, 0) is 14.8 Å². The predicted molar refractivity (Wildman–Crippen MR) is 118 cm³/mol. The number of quaternary nitrogens is 1. The summed E-state index contributed by atoms with van der Waals surface area (Å²) in [6.07, 6.45) is 1.81. The second kappa shape index (κ2) is 9.73. The maximum atomic E-state index is 12.7. The smallest absolute Gasteiger partial charge is 0.282 e. The van der Waals surface area contributed by atoms with Crippen molar-refractivity contribution < 1.29 is 18.5 Å². The number of amides is 1. The Kier molecular flexibility index (Phi) is 7.28. The largest absolute Gasteiger partial charge is 0.330 e. The highest BCUT2D eigenvalue weighted by molar-refractivity contribution is 7.89. The van der Waals surface area contributed by atoms with Gasteiger partial charge in [0.1, 0.15) is 6.04 Å². The zero-order chi connectivity index (χ0) is 21.7. The Balaban J connectivity index is 1.63. The number of anilines is 1. The molecule has 2 aromatic carbocycles. The number of rotatable bonds is 8. The van der Waals surface area contributed by atoms with Crippen LogP contribution in [0.5, 0.6) is 0 Å². The van der Waals surface area contributed by atoms with Gasteiger partial charge in [-0.15, -0.1) is 0 Å². The fraction of sp³-hybridized carbons (Fsp3) is 0.435. The van der Waals surface area contributed by atoms with E-state index in [-0.39, 0.29) is 22.9 Å². The van der Waals surface area contributed by atoms with E-state index in [4.69, 9.17) is 0 Å². The van der Waals surface area contributed by atoms with Crippen molar-refractivity contribution in [3.63, 3.8) is 0 Å². The normalized spacial score (nSPS) is 17.1.